The monoisotopic (exact) mass is 490 g/mol. The number of aromatic nitrogens is 1. The van der Waals surface area contributed by atoms with Gasteiger partial charge in [0, 0.05) is 33.8 Å². The number of carboxylic acid groups (broad SMARTS) is 1. The molecule has 1 aliphatic heterocycles. The predicted molar refractivity (Wildman–Crippen MR) is 135 cm³/mol. The Hall–Kier alpha value is -4.20. The molecule has 3 aromatic rings. The number of nitrogens with one attached hydrogen (secondary N) is 1. The summed E-state index contributed by atoms with van der Waals surface area (Å²) in [6.45, 7) is 2.21. The van der Waals surface area contributed by atoms with E-state index in [1.165, 1.54) is 6.20 Å². The van der Waals surface area contributed by atoms with Crippen molar-refractivity contribution in [1.82, 2.24) is 10.3 Å². The number of ketones is 1. The average molecular weight is 491 g/mol. The molecule has 188 valence electrons. The molecule has 8 nitrogen and oxygen atoms in total. The van der Waals surface area contributed by atoms with Crippen LogP contribution in [0, 0.1) is 6.92 Å². The number of hydrogen-bond donors (Lipinski definition) is 2. The number of ether oxygens (including phenoxy) is 2. The number of Topliss-reactive ketones (excluding diaryl/α,β-unsaturated/α-hetero) is 1. The number of aliphatic carboxylic acids is 1. The number of rotatable bonds is 9. The van der Waals surface area contributed by atoms with Crippen LogP contribution in [-0.4, -0.2) is 41.1 Å². The van der Waals surface area contributed by atoms with Gasteiger partial charge in [-0.3, -0.25) is 19.4 Å². The lowest BCUT2D eigenvalue weighted by molar-refractivity contribution is -0.136. The molecule has 0 saturated heterocycles. The maximum Gasteiger partial charge on any atom is 0.305 e. The van der Waals surface area contributed by atoms with Crippen LogP contribution in [0.3, 0.4) is 0 Å². The molecule has 0 radical (unpaired) electrons. The molecule has 1 aromatic heterocycles. The lowest BCUT2D eigenvalue weighted by Gasteiger charge is -2.16. The van der Waals surface area contributed by atoms with E-state index in [1.54, 1.807) is 12.3 Å². The minimum Gasteiger partial charge on any atom is -0.481 e. The fraction of sp³-hybridized carbons (Fsp3) is 0.286. The van der Waals surface area contributed by atoms with Crippen LogP contribution in [0.15, 0.2) is 54.9 Å². The molecule has 0 atom stereocenters. The Balaban J connectivity index is 0.00000200. The van der Waals surface area contributed by atoms with Crippen LogP contribution in [0.25, 0.3) is 11.1 Å². The zero-order chi connectivity index (χ0) is 25.3. The molecular formula is C28H30N2O6. The minimum absolute atomic E-state index is 0. The molecular weight excluding hydrogens is 460 g/mol. The number of carbonyl (C=O) groups excluding carboxylic acids is 2. The average Bonchev–Trinajstić information content (AvgIpc) is 3.55. The lowest BCUT2D eigenvalue weighted by Crippen LogP contribution is -2.26. The highest BCUT2D eigenvalue weighted by molar-refractivity contribution is 5.96. The van der Waals surface area contributed by atoms with Gasteiger partial charge in [0.05, 0.1) is 17.4 Å². The number of pyridine rings is 1. The summed E-state index contributed by atoms with van der Waals surface area (Å²) in [5, 5.41) is 11.4. The first-order valence-corrected chi connectivity index (χ1v) is 11.8. The van der Waals surface area contributed by atoms with E-state index < -0.39 is 11.4 Å². The van der Waals surface area contributed by atoms with Gasteiger partial charge in [-0.05, 0) is 60.2 Å². The largest absolute Gasteiger partial charge is 0.481 e. The number of fused-ring (bicyclic) bond motifs is 1. The second kappa shape index (κ2) is 9.45. The third-order valence-corrected chi connectivity index (χ3v) is 6.81. The molecule has 1 amide bonds. The van der Waals surface area contributed by atoms with E-state index >= 15 is 0 Å². The molecule has 5 rings (SSSR count). The standard InChI is InChI=1S/C28H26N2O6.2H2/c1-17-2-3-18(10-22(17)19-12-20(15-29-14-19)27(34)30-9-6-26(32)33)11-25(31)28(7-8-28)21-4-5-23-24(13-21)36-16-35-23;;/h2-5,10,12-15H,6-9,11,16H2,1H3,(H,30,34)(H,32,33);2*1H. The van der Waals surface area contributed by atoms with Gasteiger partial charge in [0.1, 0.15) is 5.78 Å². The van der Waals surface area contributed by atoms with Crippen molar-refractivity contribution in [3.63, 3.8) is 0 Å². The quantitative estimate of drug-likeness (QED) is 0.459. The van der Waals surface area contributed by atoms with E-state index in [-0.39, 0.29) is 34.3 Å². The van der Waals surface area contributed by atoms with Crippen LogP contribution in [0.2, 0.25) is 0 Å². The minimum atomic E-state index is -0.976. The first kappa shape index (κ1) is 23.5. The molecule has 1 fully saturated rings. The van der Waals surface area contributed by atoms with E-state index in [0.717, 1.165) is 40.7 Å². The molecule has 2 aliphatic rings. The highest BCUT2D eigenvalue weighted by Crippen LogP contribution is 2.51. The van der Waals surface area contributed by atoms with Crippen molar-refractivity contribution in [2.24, 2.45) is 0 Å². The van der Waals surface area contributed by atoms with Crippen LogP contribution < -0.4 is 14.8 Å². The second-order valence-electron chi connectivity index (χ2n) is 9.26. The molecule has 8 heteroatoms. The smallest absolute Gasteiger partial charge is 0.305 e. The molecule has 36 heavy (non-hydrogen) atoms. The number of hydrogen-bond acceptors (Lipinski definition) is 6. The zero-order valence-corrected chi connectivity index (χ0v) is 19.9. The first-order chi connectivity index (χ1) is 17.4. The molecule has 2 aromatic carbocycles. The summed E-state index contributed by atoms with van der Waals surface area (Å²) < 4.78 is 10.9. The summed E-state index contributed by atoms with van der Waals surface area (Å²) in [6, 6.07) is 13.4. The van der Waals surface area contributed by atoms with Crippen molar-refractivity contribution in [2.45, 2.75) is 38.0 Å². The maximum atomic E-state index is 13.4. The summed E-state index contributed by atoms with van der Waals surface area (Å²) in [5.41, 5.74) is 4.36. The SMILES string of the molecule is Cc1ccc(CC(=O)C2(c3ccc4c(c3)OCO4)CC2)cc1-c1cncc(C(=O)NCCC(=O)O)c1.[HH].[HH]. The Bertz CT molecular complexity index is 1370. The predicted octanol–water partition coefficient (Wildman–Crippen LogP) is 4.33. The number of amides is 1. The number of nitrogens with zero attached hydrogens (tertiary/aromatic N) is 1. The van der Waals surface area contributed by atoms with Crippen molar-refractivity contribution in [2.75, 3.05) is 13.3 Å². The third-order valence-electron chi connectivity index (χ3n) is 6.81. The number of carbonyl (C=O) groups is 3. The Kier molecular flexibility index (Phi) is 6.18. The summed E-state index contributed by atoms with van der Waals surface area (Å²) >= 11 is 0. The molecule has 0 spiro atoms. The Labute approximate surface area is 211 Å². The van der Waals surface area contributed by atoms with Gasteiger partial charge in [-0.1, -0.05) is 24.3 Å². The van der Waals surface area contributed by atoms with Crippen LogP contribution in [0.4, 0.5) is 0 Å². The second-order valence-corrected chi connectivity index (χ2v) is 9.26. The van der Waals surface area contributed by atoms with E-state index in [9.17, 15) is 14.4 Å². The topological polar surface area (TPSA) is 115 Å². The Morgan fingerprint density at radius 3 is 2.64 bits per heavy atom. The van der Waals surface area contributed by atoms with Gasteiger partial charge >= 0.3 is 5.97 Å². The first-order valence-electron chi connectivity index (χ1n) is 11.8. The van der Waals surface area contributed by atoms with Gasteiger partial charge in [0.15, 0.2) is 11.5 Å². The van der Waals surface area contributed by atoms with Crippen molar-refractivity contribution in [3.05, 3.63) is 77.1 Å². The van der Waals surface area contributed by atoms with Crippen molar-refractivity contribution < 1.29 is 31.8 Å². The Morgan fingerprint density at radius 1 is 1.06 bits per heavy atom. The normalized spacial score (nSPS) is 14.8. The number of carboxylic acids is 1. The maximum absolute atomic E-state index is 13.4. The van der Waals surface area contributed by atoms with Gasteiger partial charge < -0.3 is 19.9 Å². The number of benzene rings is 2. The van der Waals surface area contributed by atoms with Crippen LogP contribution >= 0.6 is 0 Å². The van der Waals surface area contributed by atoms with Gasteiger partial charge in [-0.15, -0.1) is 0 Å². The van der Waals surface area contributed by atoms with Gasteiger partial charge in [0.25, 0.3) is 5.91 Å². The summed E-state index contributed by atoms with van der Waals surface area (Å²) in [7, 11) is 0. The Morgan fingerprint density at radius 2 is 1.86 bits per heavy atom. The summed E-state index contributed by atoms with van der Waals surface area (Å²) in [6.07, 6.45) is 4.90. The summed E-state index contributed by atoms with van der Waals surface area (Å²) in [5.74, 6) is 0.200. The van der Waals surface area contributed by atoms with Gasteiger partial charge in [-0.25, -0.2) is 0 Å². The van der Waals surface area contributed by atoms with Crippen LogP contribution in [0.1, 0.15) is 49.2 Å². The van der Waals surface area contributed by atoms with Crippen LogP contribution in [0.5, 0.6) is 11.5 Å². The van der Waals surface area contributed by atoms with Gasteiger partial charge in [-0.2, -0.15) is 0 Å². The molecule has 0 bridgehead atoms. The fourth-order valence-electron chi connectivity index (χ4n) is 4.59. The van der Waals surface area contributed by atoms with Crippen molar-refractivity contribution >= 4 is 17.7 Å². The van der Waals surface area contributed by atoms with Crippen molar-refractivity contribution in [1.29, 1.82) is 0 Å². The molecule has 1 aliphatic carbocycles. The lowest BCUT2D eigenvalue weighted by atomic mass is 9.87. The van der Waals surface area contributed by atoms with Crippen molar-refractivity contribution in [3.8, 4) is 22.6 Å². The van der Waals surface area contributed by atoms with E-state index in [0.29, 0.717) is 23.5 Å². The number of aryl methyl sites for hydroxylation is 1. The highest BCUT2D eigenvalue weighted by atomic mass is 16.7. The van der Waals surface area contributed by atoms with E-state index in [1.807, 2.05) is 43.3 Å². The van der Waals surface area contributed by atoms with E-state index in [2.05, 4.69) is 10.3 Å². The molecule has 2 N–H and O–H groups in total. The zero-order valence-electron chi connectivity index (χ0n) is 19.9. The third kappa shape index (κ3) is 4.66. The molecule has 1 saturated carbocycles. The molecule has 2 heterocycles. The van der Waals surface area contributed by atoms with Crippen LogP contribution in [-0.2, 0) is 21.4 Å². The summed E-state index contributed by atoms with van der Waals surface area (Å²) in [4.78, 5) is 40.8. The van der Waals surface area contributed by atoms with E-state index in [4.69, 9.17) is 14.6 Å². The van der Waals surface area contributed by atoms with Gasteiger partial charge in [0.2, 0.25) is 6.79 Å². The highest BCUT2D eigenvalue weighted by Gasteiger charge is 2.50. The molecule has 0 unspecified atom stereocenters. The fourth-order valence-corrected chi connectivity index (χ4v) is 4.59.